The number of phenolic OH excluding ortho intramolecular Hbond substituents is 1. The first kappa shape index (κ1) is 18.9. The fraction of sp³-hybridized carbons (Fsp3) is 0.333. The number of hydrogen-bond donors (Lipinski definition) is 2. The summed E-state index contributed by atoms with van der Waals surface area (Å²) >= 11 is 5.86. The van der Waals surface area contributed by atoms with Gasteiger partial charge in [-0.15, -0.1) is 0 Å². The second-order valence-corrected chi connectivity index (χ2v) is 7.02. The molecular formula is C21H24ClNO3. The van der Waals surface area contributed by atoms with E-state index in [2.05, 4.69) is 11.0 Å². The van der Waals surface area contributed by atoms with E-state index in [0.717, 1.165) is 30.6 Å². The van der Waals surface area contributed by atoms with Crippen molar-refractivity contribution in [3.05, 3.63) is 70.8 Å². The molecule has 0 spiro atoms. The maximum atomic E-state index is 10.2. The Balaban J connectivity index is 1.40. The van der Waals surface area contributed by atoms with Crippen LogP contribution in [0.4, 0.5) is 0 Å². The Morgan fingerprint density at radius 2 is 1.81 bits per heavy atom. The predicted octanol–water partition coefficient (Wildman–Crippen LogP) is 3.71. The third kappa shape index (κ3) is 5.58. The first-order valence-corrected chi connectivity index (χ1v) is 9.19. The molecule has 1 heterocycles. The number of halogens is 1. The maximum Gasteiger partial charge on any atom is 0.115 e. The van der Waals surface area contributed by atoms with Crippen molar-refractivity contribution in [3.63, 3.8) is 0 Å². The highest BCUT2D eigenvalue weighted by Gasteiger charge is 2.16. The zero-order valence-electron chi connectivity index (χ0n) is 14.6. The summed E-state index contributed by atoms with van der Waals surface area (Å²) in [5.41, 5.74) is 3.48. The SMILES string of the molecule is Oc1ccc(C2=CCN(CC(O)COCc3ccc(Cl)cc3)CC2)cc1. The third-order valence-corrected chi connectivity index (χ3v) is 4.74. The minimum atomic E-state index is -0.508. The standard InChI is InChI=1S/C21H24ClNO3/c22-19-5-1-16(2-6-19)14-26-15-21(25)13-23-11-9-18(10-12-23)17-3-7-20(24)8-4-17/h1-9,21,24-25H,10-15H2. The maximum absolute atomic E-state index is 10.2. The van der Waals surface area contributed by atoms with E-state index in [1.807, 2.05) is 36.4 Å². The van der Waals surface area contributed by atoms with Crippen LogP contribution in [0.15, 0.2) is 54.6 Å². The average molecular weight is 374 g/mol. The number of β-amino-alcohol motifs (C(OH)–C–C–N with tert-alkyl or cyclic N) is 1. The molecule has 2 aromatic rings. The molecule has 4 nitrogen and oxygen atoms in total. The smallest absolute Gasteiger partial charge is 0.115 e. The van der Waals surface area contributed by atoms with E-state index < -0.39 is 6.10 Å². The first-order chi connectivity index (χ1) is 12.6. The van der Waals surface area contributed by atoms with Crippen molar-refractivity contribution in [3.8, 4) is 5.75 Å². The van der Waals surface area contributed by atoms with E-state index in [1.165, 1.54) is 5.57 Å². The minimum Gasteiger partial charge on any atom is -0.508 e. The van der Waals surface area contributed by atoms with Crippen molar-refractivity contribution in [1.29, 1.82) is 0 Å². The molecular weight excluding hydrogens is 350 g/mol. The summed E-state index contributed by atoms with van der Waals surface area (Å²) in [5.74, 6) is 0.286. The van der Waals surface area contributed by atoms with Crippen LogP contribution in [-0.4, -0.2) is 47.5 Å². The molecule has 3 rings (SSSR count). The quantitative estimate of drug-likeness (QED) is 0.776. The lowest BCUT2D eigenvalue weighted by Gasteiger charge is -2.28. The summed E-state index contributed by atoms with van der Waals surface area (Å²) in [7, 11) is 0. The predicted molar refractivity (Wildman–Crippen MR) is 104 cm³/mol. The lowest BCUT2D eigenvalue weighted by Crippen LogP contribution is -2.37. The van der Waals surface area contributed by atoms with Gasteiger partial charge in [-0.1, -0.05) is 41.9 Å². The van der Waals surface area contributed by atoms with Gasteiger partial charge in [0.2, 0.25) is 0 Å². The zero-order valence-corrected chi connectivity index (χ0v) is 15.4. The summed E-state index contributed by atoms with van der Waals surface area (Å²) in [5, 5.41) is 20.3. The monoisotopic (exact) mass is 373 g/mol. The Morgan fingerprint density at radius 3 is 2.46 bits per heavy atom. The third-order valence-electron chi connectivity index (χ3n) is 4.49. The first-order valence-electron chi connectivity index (χ1n) is 8.81. The molecule has 0 saturated carbocycles. The number of aliphatic hydroxyl groups excluding tert-OH is 1. The highest BCUT2D eigenvalue weighted by molar-refractivity contribution is 6.30. The fourth-order valence-electron chi connectivity index (χ4n) is 3.06. The summed E-state index contributed by atoms with van der Waals surface area (Å²) in [6.07, 6.45) is 2.62. The number of aliphatic hydroxyl groups is 1. The van der Waals surface area contributed by atoms with E-state index in [-0.39, 0.29) is 5.75 Å². The number of aromatic hydroxyl groups is 1. The minimum absolute atomic E-state index is 0.286. The number of hydrogen-bond acceptors (Lipinski definition) is 4. The number of ether oxygens (including phenoxy) is 1. The average Bonchev–Trinajstić information content (AvgIpc) is 2.65. The number of nitrogens with zero attached hydrogens (tertiary/aromatic N) is 1. The van der Waals surface area contributed by atoms with Gasteiger partial charge in [-0.25, -0.2) is 0 Å². The molecule has 26 heavy (non-hydrogen) atoms. The van der Waals surface area contributed by atoms with Crippen molar-refractivity contribution in [2.24, 2.45) is 0 Å². The zero-order chi connectivity index (χ0) is 18.4. The Kier molecular flexibility index (Phi) is 6.69. The Bertz CT molecular complexity index is 728. The van der Waals surface area contributed by atoms with Crippen LogP contribution < -0.4 is 0 Å². The van der Waals surface area contributed by atoms with Crippen molar-refractivity contribution in [2.75, 3.05) is 26.2 Å². The van der Waals surface area contributed by atoms with Crippen LogP contribution in [0.1, 0.15) is 17.5 Å². The topological polar surface area (TPSA) is 52.9 Å². The Morgan fingerprint density at radius 1 is 1.08 bits per heavy atom. The van der Waals surface area contributed by atoms with E-state index in [0.29, 0.717) is 24.8 Å². The van der Waals surface area contributed by atoms with Gasteiger partial charge < -0.3 is 14.9 Å². The lowest BCUT2D eigenvalue weighted by atomic mass is 9.99. The number of phenols is 1. The van der Waals surface area contributed by atoms with Gasteiger partial charge in [-0.2, -0.15) is 0 Å². The molecule has 0 aliphatic carbocycles. The molecule has 2 aromatic carbocycles. The largest absolute Gasteiger partial charge is 0.508 e. The summed E-state index contributed by atoms with van der Waals surface area (Å²) in [6.45, 7) is 3.10. The molecule has 0 bridgehead atoms. The van der Waals surface area contributed by atoms with Crippen molar-refractivity contribution in [1.82, 2.24) is 4.90 Å². The molecule has 1 aliphatic heterocycles. The fourth-order valence-corrected chi connectivity index (χ4v) is 3.18. The Labute approximate surface area is 159 Å². The second-order valence-electron chi connectivity index (χ2n) is 6.58. The van der Waals surface area contributed by atoms with E-state index in [1.54, 1.807) is 12.1 Å². The van der Waals surface area contributed by atoms with Gasteiger partial charge >= 0.3 is 0 Å². The molecule has 1 unspecified atom stereocenters. The van der Waals surface area contributed by atoms with Crippen LogP contribution in [0.2, 0.25) is 5.02 Å². The van der Waals surface area contributed by atoms with Crippen LogP contribution in [-0.2, 0) is 11.3 Å². The molecule has 0 aromatic heterocycles. The van der Waals surface area contributed by atoms with Crippen molar-refractivity contribution < 1.29 is 14.9 Å². The van der Waals surface area contributed by atoms with Crippen molar-refractivity contribution in [2.45, 2.75) is 19.1 Å². The highest BCUT2D eigenvalue weighted by Crippen LogP contribution is 2.24. The highest BCUT2D eigenvalue weighted by atomic mass is 35.5. The van der Waals surface area contributed by atoms with Gasteiger partial charge in [0.1, 0.15) is 5.75 Å². The molecule has 1 atom stereocenters. The van der Waals surface area contributed by atoms with Crippen molar-refractivity contribution >= 4 is 17.2 Å². The van der Waals surface area contributed by atoms with Gasteiger partial charge in [0.15, 0.2) is 0 Å². The molecule has 138 valence electrons. The van der Waals surface area contributed by atoms with Crippen LogP contribution in [0.25, 0.3) is 5.57 Å². The van der Waals surface area contributed by atoms with Crippen LogP contribution in [0.3, 0.4) is 0 Å². The van der Waals surface area contributed by atoms with Crippen LogP contribution in [0, 0.1) is 0 Å². The molecule has 5 heteroatoms. The molecule has 1 aliphatic rings. The van der Waals surface area contributed by atoms with Crippen LogP contribution in [0.5, 0.6) is 5.75 Å². The van der Waals surface area contributed by atoms with Gasteiger partial charge in [0, 0.05) is 24.7 Å². The molecule has 0 amide bonds. The summed E-state index contributed by atoms with van der Waals surface area (Å²) in [6, 6.07) is 14.8. The van der Waals surface area contributed by atoms with Gasteiger partial charge in [-0.3, -0.25) is 4.90 Å². The number of rotatable bonds is 7. The second kappa shape index (κ2) is 9.19. The normalized spacial score (nSPS) is 16.3. The van der Waals surface area contributed by atoms with E-state index in [4.69, 9.17) is 16.3 Å². The lowest BCUT2D eigenvalue weighted by molar-refractivity contribution is 0.0115. The molecule has 0 radical (unpaired) electrons. The van der Waals surface area contributed by atoms with E-state index >= 15 is 0 Å². The van der Waals surface area contributed by atoms with Gasteiger partial charge in [-0.05, 0) is 47.4 Å². The van der Waals surface area contributed by atoms with Crippen LogP contribution >= 0.6 is 11.6 Å². The van der Waals surface area contributed by atoms with Gasteiger partial charge in [0.25, 0.3) is 0 Å². The molecule has 0 fully saturated rings. The van der Waals surface area contributed by atoms with E-state index in [9.17, 15) is 10.2 Å². The molecule has 2 N–H and O–H groups in total. The Hall–Kier alpha value is -1.85. The summed E-state index contributed by atoms with van der Waals surface area (Å²) < 4.78 is 5.61. The number of benzene rings is 2. The van der Waals surface area contributed by atoms with Gasteiger partial charge in [0.05, 0.1) is 19.3 Å². The summed E-state index contributed by atoms with van der Waals surface area (Å²) in [4.78, 5) is 2.22. The molecule has 0 saturated heterocycles.